The molecule has 0 heterocycles. The summed E-state index contributed by atoms with van der Waals surface area (Å²) < 4.78 is 5.00. The van der Waals surface area contributed by atoms with Crippen molar-refractivity contribution in [2.24, 2.45) is 10.2 Å². The van der Waals surface area contributed by atoms with Crippen molar-refractivity contribution in [1.82, 2.24) is 0 Å². The fourth-order valence-electron chi connectivity index (χ4n) is 0.796. The van der Waals surface area contributed by atoms with E-state index in [2.05, 4.69) is 30.6 Å². The molecular weight excluding hydrogens is 196 g/mol. The smallest absolute Gasteiger partial charge is 0.184 e. The monoisotopic (exact) mass is 216 g/mol. The second-order valence-corrected chi connectivity index (χ2v) is 6.27. The second-order valence-electron chi connectivity index (χ2n) is 3.07. The van der Waals surface area contributed by atoms with Crippen LogP contribution in [0.25, 0.3) is 0 Å². The SMILES string of the molecule is CO[SiH2]CN=NCC(C)=C(C)[SiH2]C. The van der Waals surface area contributed by atoms with Gasteiger partial charge in [0.2, 0.25) is 0 Å². The maximum absolute atomic E-state index is 5.00. The average molecular weight is 216 g/mol. The summed E-state index contributed by atoms with van der Waals surface area (Å²) >= 11 is 0. The normalized spacial score (nSPS) is 15.4. The van der Waals surface area contributed by atoms with Crippen LogP contribution >= 0.6 is 0 Å². The van der Waals surface area contributed by atoms with Gasteiger partial charge in [0.25, 0.3) is 0 Å². The minimum absolute atomic E-state index is 0.00901. The highest BCUT2D eigenvalue weighted by Crippen LogP contribution is 2.01. The third-order valence-corrected chi connectivity index (χ3v) is 4.52. The zero-order valence-corrected chi connectivity index (χ0v) is 12.0. The summed E-state index contributed by atoms with van der Waals surface area (Å²) in [7, 11) is 1.33. The molecule has 76 valence electrons. The Kier molecular flexibility index (Phi) is 8.17. The van der Waals surface area contributed by atoms with E-state index in [4.69, 9.17) is 4.43 Å². The summed E-state index contributed by atoms with van der Waals surface area (Å²) in [6.45, 7) is 7.44. The molecule has 0 unspecified atom stereocenters. The highest BCUT2D eigenvalue weighted by Gasteiger charge is 1.92. The fourth-order valence-corrected chi connectivity index (χ4v) is 1.92. The van der Waals surface area contributed by atoms with E-state index in [1.165, 1.54) is 5.57 Å². The van der Waals surface area contributed by atoms with E-state index < -0.39 is 9.76 Å². The largest absolute Gasteiger partial charge is 0.425 e. The minimum atomic E-state index is -0.416. The van der Waals surface area contributed by atoms with Crippen molar-refractivity contribution in [2.75, 3.05) is 19.8 Å². The molecule has 3 nitrogen and oxygen atoms in total. The Morgan fingerprint density at radius 2 is 2.00 bits per heavy atom. The number of azo groups is 1. The summed E-state index contributed by atoms with van der Waals surface area (Å²) in [5.41, 5.74) is 1.40. The van der Waals surface area contributed by atoms with Gasteiger partial charge in [-0.3, -0.25) is 0 Å². The van der Waals surface area contributed by atoms with Gasteiger partial charge in [-0.1, -0.05) is 17.3 Å². The lowest BCUT2D eigenvalue weighted by molar-refractivity contribution is 0.441. The molecule has 0 amide bonds. The van der Waals surface area contributed by atoms with E-state index in [9.17, 15) is 0 Å². The zero-order chi connectivity index (χ0) is 10.1. The fraction of sp³-hybridized carbons (Fsp3) is 0.750. The van der Waals surface area contributed by atoms with Gasteiger partial charge in [-0.2, -0.15) is 10.2 Å². The molecular formula is C8H20N2OSi2. The van der Waals surface area contributed by atoms with E-state index in [0.29, 0.717) is 0 Å². The Hall–Kier alpha value is -0.266. The molecule has 0 spiro atoms. The van der Waals surface area contributed by atoms with Crippen LogP contribution in [0.3, 0.4) is 0 Å². The minimum Gasteiger partial charge on any atom is -0.425 e. The lowest BCUT2D eigenvalue weighted by Crippen LogP contribution is -1.98. The van der Waals surface area contributed by atoms with E-state index in [1.54, 1.807) is 12.3 Å². The van der Waals surface area contributed by atoms with Crippen LogP contribution in [0.15, 0.2) is 21.0 Å². The molecule has 0 aliphatic rings. The zero-order valence-electron chi connectivity index (χ0n) is 9.13. The Balaban J connectivity index is 3.69. The molecule has 0 N–H and O–H groups in total. The summed E-state index contributed by atoms with van der Waals surface area (Å²) in [4.78, 5) is 0. The van der Waals surface area contributed by atoms with Gasteiger partial charge in [0.1, 0.15) is 0 Å². The number of nitrogens with zero attached hydrogens (tertiary/aromatic N) is 2. The molecule has 0 atom stereocenters. The predicted molar refractivity (Wildman–Crippen MR) is 62.9 cm³/mol. The van der Waals surface area contributed by atoms with Crippen LogP contribution in [0, 0.1) is 0 Å². The highest BCUT2D eigenvalue weighted by atomic mass is 28.2. The van der Waals surface area contributed by atoms with Gasteiger partial charge in [0.15, 0.2) is 9.76 Å². The third kappa shape index (κ3) is 6.86. The van der Waals surface area contributed by atoms with Crippen molar-refractivity contribution in [1.29, 1.82) is 0 Å². The first kappa shape index (κ1) is 12.7. The van der Waals surface area contributed by atoms with Crippen molar-refractivity contribution in [2.45, 2.75) is 20.4 Å². The van der Waals surface area contributed by atoms with Gasteiger partial charge in [0.05, 0.1) is 12.7 Å². The second kappa shape index (κ2) is 8.34. The first-order chi connectivity index (χ1) is 6.22. The quantitative estimate of drug-likeness (QED) is 0.364. The molecule has 0 bridgehead atoms. The number of rotatable bonds is 6. The molecule has 0 aromatic carbocycles. The van der Waals surface area contributed by atoms with E-state index >= 15 is 0 Å². The van der Waals surface area contributed by atoms with Crippen LogP contribution in [0.2, 0.25) is 6.55 Å². The molecule has 5 heteroatoms. The van der Waals surface area contributed by atoms with E-state index in [1.807, 2.05) is 0 Å². The van der Waals surface area contributed by atoms with Gasteiger partial charge in [-0.15, -0.1) is 0 Å². The summed E-state index contributed by atoms with van der Waals surface area (Å²) in [5.74, 6) is 0. The van der Waals surface area contributed by atoms with Gasteiger partial charge in [-0.25, -0.2) is 0 Å². The molecule has 0 radical (unpaired) electrons. The Labute approximate surface area is 85.4 Å². The van der Waals surface area contributed by atoms with Gasteiger partial charge >= 0.3 is 0 Å². The maximum Gasteiger partial charge on any atom is 0.184 e. The highest BCUT2D eigenvalue weighted by molar-refractivity contribution is 6.43. The maximum atomic E-state index is 5.00. The van der Waals surface area contributed by atoms with Crippen molar-refractivity contribution >= 4 is 19.3 Å². The number of allylic oxidation sites excluding steroid dienone is 1. The topological polar surface area (TPSA) is 34.0 Å². The third-order valence-electron chi connectivity index (χ3n) is 2.06. The predicted octanol–water partition coefficient (Wildman–Crippen LogP) is 0.637. The Bertz CT molecular complexity index is 193. The Morgan fingerprint density at radius 3 is 2.54 bits per heavy atom. The number of hydrogen-bond acceptors (Lipinski definition) is 3. The summed E-state index contributed by atoms with van der Waals surface area (Å²) in [6, 6.07) is 0. The summed E-state index contributed by atoms with van der Waals surface area (Å²) in [6.07, 6.45) is 0.812. The lowest BCUT2D eigenvalue weighted by atomic mass is 10.3. The molecule has 0 saturated carbocycles. The molecule has 0 fully saturated rings. The standard InChI is InChI=1S/C8H20N2OSi2/c1-7(8(2)12-4)5-9-10-6-13-11-3/h5-6,12-13H2,1-4H3. The van der Waals surface area contributed by atoms with Crippen LogP contribution in [-0.2, 0) is 4.43 Å². The molecule has 0 saturated heterocycles. The first-order valence-corrected chi connectivity index (χ1v) is 8.39. The van der Waals surface area contributed by atoms with E-state index in [-0.39, 0.29) is 9.52 Å². The number of hydrogen-bond donors (Lipinski definition) is 0. The van der Waals surface area contributed by atoms with Gasteiger partial charge in [0, 0.05) is 16.6 Å². The van der Waals surface area contributed by atoms with Gasteiger partial charge in [-0.05, 0) is 13.8 Å². The van der Waals surface area contributed by atoms with Crippen molar-refractivity contribution in [3.63, 3.8) is 0 Å². The van der Waals surface area contributed by atoms with Crippen molar-refractivity contribution in [3.8, 4) is 0 Å². The molecule has 0 aliphatic carbocycles. The van der Waals surface area contributed by atoms with Gasteiger partial charge < -0.3 is 4.43 Å². The lowest BCUT2D eigenvalue weighted by Gasteiger charge is -2.00. The average Bonchev–Trinajstić information content (AvgIpc) is 2.16. The van der Waals surface area contributed by atoms with Crippen LogP contribution in [0.4, 0.5) is 0 Å². The first-order valence-electron chi connectivity index (χ1n) is 4.69. The Morgan fingerprint density at radius 1 is 1.31 bits per heavy atom. The van der Waals surface area contributed by atoms with E-state index in [0.717, 1.165) is 12.7 Å². The van der Waals surface area contributed by atoms with Crippen LogP contribution in [-0.4, -0.2) is 39.1 Å². The summed E-state index contributed by atoms with van der Waals surface area (Å²) in [5, 5.41) is 9.74. The van der Waals surface area contributed by atoms with Crippen LogP contribution in [0.5, 0.6) is 0 Å². The molecule has 0 aromatic rings. The molecule has 0 rings (SSSR count). The molecule has 0 aromatic heterocycles. The molecule has 0 aliphatic heterocycles. The van der Waals surface area contributed by atoms with Crippen molar-refractivity contribution in [3.05, 3.63) is 10.8 Å². The van der Waals surface area contributed by atoms with Crippen LogP contribution in [0.1, 0.15) is 13.8 Å². The molecule has 13 heavy (non-hydrogen) atoms. The van der Waals surface area contributed by atoms with Crippen LogP contribution < -0.4 is 0 Å². The van der Waals surface area contributed by atoms with Crippen molar-refractivity contribution < 1.29 is 4.43 Å².